The molecule has 0 bridgehead atoms. The Morgan fingerprint density at radius 2 is 0.925 bits per heavy atom. The topological polar surface area (TPSA) is 0 Å². The van der Waals surface area contributed by atoms with E-state index in [0.29, 0.717) is 0 Å². The van der Waals surface area contributed by atoms with Crippen molar-refractivity contribution in [3.05, 3.63) is 127 Å². The summed E-state index contributed by atoms with van der Waals surface area (Å²) in [5.74, 6) is 0. The first kappa shape index (κ1) is 27.7. The van der Waals surface area contributed by atoms with Crippen LogP contribution in [0.3, 0.4) is 0 Å². The van der Waals surface area contributed by atoms with Crippen LogP contribution in [0.25, 0.3) is 32.3 Å². The maximum atomic E-state index is 2.39. The van der Waals surface area contributed by atoms with Crippen LogP contribution in [0, 0.1) is 0 Å². The van der Waals surface area contributed by atoms with Gasteiger partial charge in [0.1, 0.15) is 0 Å². The highest BCUT2D eigenvalue weighted by Gasteiger charge is 2.29. The number of fused-ring (bicyclic) bond motifs is 3. The molecule has 0 radical (unpaired) electrons. The Hall–Kier alpha value is -3.88. The molecule has 0 aromatic heterocycles. The van der Waals surface area contributed by atoms with Crippen LogP contribution in [-0.4, -0.2) is 39.4 Å². The molecule has 0 aliphatic rings. The molecule has 6 aromatic rings. The average molecular weight is 523 g/mol. The minimum Gasteiger partial charge on any atom is -0.333 e. The first-order chi connectivity index (χ1) is 19.3. The molecule has 0 unspecified atom stereocenters. The van der Waals surface area contributed by atoms with Gasteiger partial charge in [0.15, 0.2) is 0 Å². The third-order valence-corrected chi connectivity index (χ3v) is 7.42. The Morgan fingerprint density at radius 1 is 0.500 bits per heavy atom. The second-order valence-corrected chi connectivity index (χ2v) is 12.2. The van der Waals surface area contributed by atoms with Gasteiger partial charge in [-0.25, -0.2) is 0 Å². The molecule has 0 spiro atoms. The Bertz CT molecular complexity index is 1650. The normalized spacial score (nSPS) is 11.4. The van der Waals surface area contributed by atoms with Crippen molar-refractivity contribution in [1.82, 2.24) is 0 Å². The van der Waals surface area contributed by atoms with Crippen molar-refractivity contribution in [3.63, 3.8) is 0 Å². The van der Waals surface area contributed by atoms with E-state index in [9.17, 15) is 0 Å². The van der Waals surface area contributed by atoms with E-state index in [2.05, 4.69) is 156 Å². The summed E-state index contributed by atoms with van der Waals surface area (Å²) in [6.45, 7) is 2.43. The van der Waals surface area contributed by atoms with Gasteiger partial charge in [-0.3, -0.25) is 0 Å². The molecular formula is C38H41BN+. The Labute approximate surface area is 240 Å². The number of hydrogen-bond acceptors (Lipinski definition) is 0. The Morgan fingerprint density at radius 3 is 1.43 bits per heavy atom. The molecule has 0 fully saturated rings. The summed E-state index contributed by atoms with van der Waals surface area (Å²) in [6, 6.07) is 44.9. The van der Waals surface area contributed by atoms with E-state index in [4.69, 9.17) is 0 Å². The third kappa shape index (κ3) is 6.13. The van der Waals surface area contributed by atoms with Crippen molar-refractivity contribution in [2.24, 2.45) is 0 Å². The summed E-state index contributed by atoms with van der Waals surface area (Å²) in [5, 5.41) is 7.95. The van der Waals surface area contributed by atoms with Gasteiger partial charge < -0.3 is 4.48 Å². The van der Waals surface area contributed by atoms with E-state index >= 15 is 0 Å². The lowest BCUT2D eigenvalue weighted by atomic mass is 9.34. The Kier molecular flexibility index (Phi) is 8.38. The van der Waals surface area contributed by atoms with E-state index in [1.807, 2.05) is 0 Å². The van der Waals surface area contributed by atoms with Crippen molar-refractivity contribution < 1.29 is 4.48 Å². The van der Waals surface area contributed by atoms with Gasteiger partial charge in [0, 0.05) is 0 Å². The van der Waals surface area contributed by atoms with Crippen molar-refractivity contribution in [2.45, 2.75) is 26.2 Å². The summed E-state index contributed by atoms with van der Waals surface area (Å²) < 4.78 is 1.00. The van der Waals surface area contributed by atoms with Gasteiger partial charge in [0.05, 0.1) is 28.2 Å². The number of benzene rings is 6. The molecule has 0 aliphatic carbocycles. The quantitative estimate of drug-likeness (QED) is 0.159. The number of rotatable bonds is 6. The molecular weight excluding hydrogens is 481 g/mol. The molecule has 0 N–H and O–H groups in total. The van der Waals surface area contributed by atoms with Crippen LogP contribution in [0.2, 0.25) is 0 Å². The van der Waals surface area contributed by atoms with Crippen LogP contribution < -0.4 is 16.4 Å². The van der Waals surface area contributed by atoms with Crippen molar-refractivity contribution >= 4 is 55.4 Å². The molecule has 2 heteroatoms. The molecule has 1 nitrogen and oxygen atoms in total. The maximum Gasteiger partial charge on any atom is 0.243 e. The maximum absolute atomic E-state index is 2.39. The van der Waals surface area contributed by atoms with Crippen molar-refractivity contribution in [2.75, 3.05) is 28.2 Å². The number of nitrogens with zero attached hydrogens (tertiary/aromatic N) is 1. The lowest BCUT2D eigenvalue weighted by molar-refractivity contribution is -0.849. The first-order valence-corrected chi connectivity index (χ1v) is 14.6. The molecule has 6 rings (SSSR count). The predicted octanol–water partition coefficient (Wildman–Crippen LogP) is 7.33. The fraction of sp³-hybridized carbons (Fsp3) is 0.211. The molecule has 0 heterocycles. The standard InChI is InChI=1S/C34H29B.C4H12N/c1-2-3-12-28-24-23-27-15-6-9-20-31(27)34(28)35(32-21-10-16-25-13-4-7-18-29(25)32)33-22-11-17-26-14-5-8-19-30(26)33;1-5(2,3)4/h4-11,13-24H,2-3,12H2,1H3;1-4H3/q;+1. The highest BCUT2D eigenvalue weighted by molar-refractivity contribution is 6.99. The van der Waals surface area contributed by atoms with Gasteiger partial charge in [0.2, 0.25) is 6.71 Å². The molecule has 0 saturated heterocycles. The number of quaternary nitrogens is 1. The van der Waals surface area contributed by atoms with E-state index in [0.717, 1.165) is 10.9 Å². The van der Waals surface area contributed by atoms with Gasteiger partial charge in [0.25, 0.3) is 0 Å². The SMILES string of the molecule is CCCCc1ccc2ccccc2c1B(c1cccc2ccccc12)c1cccc2ccccc12.C[N+](C)(C)C. The summed E-state index contributed by atoms with van der Waals surface area (Å²) in [4.78, 5) is 0. The smallest absolute Gasteiger partial charge is 0.243 e. The lowest BCUT2D eigenvalue weighted by Crippen LogP contribution is -2.54. The molecule has 0 amide bonds. The van der Waals surface area contributed by atoms with Crippen LogP contribution in [0.5, 0.6) is 0 Å². The van der Waals surface area contributed by atoms with Gasteiger partial charge in [-0.2, -0.15) is 0 Å². The molecule has 0 aliphatic heterocycles. The minimum absolute atomic E-state index is 0.144. The zero-order valence-corrected chi connectivity index (χ0v) is 24.7. The largest absolute Gasteiger partial charge is 0.333 e. The van der Waals surface area contributed by atoms with Crippen molar-refractivity contribution in [3.8, 4) is 0 Å². The zero-order valence-electron chi connectivity index (χ0n) is 24.7. The number of aryl methyl sites for hydroxylation is 1. The van der Waals surface area contributed by atoms with E-state index < -0.39 is 0 Å². The van der Waals surface area contributed by atoms with Gasteiger partial charge in [-0.15, -0.1) is 0 Å². The number of unbranched alkanes of at least 4 members (excludes halogenated alkanes) is 1. The second kappa shape index (κ2) is 12.1. The Balaban J connectivity index is 0.000000595. The fourth-order valence-corrected chi connectivity index (χ4v) is 5.75. The van der Waals surface area contributed by atoms with Crippen LogP contribution in [0.15, 0.2) is 121 Å². The zero-order chi connectivity index (χ0) is 28.1. The van der Waals surface area contributed by atoms with E-state index in [1.165, 1.54) is 67.1 Å². The summed E-state index contributed by atoms with van der Waals surface area (Å²) in [6.07, 6.45) is 3.49. The molecule has 0 atom stereocenters. The van der Waals surface area contributed by atoms with Gasteiger partial charge in [-0.05, 0) is 45.2 Å². The monoisotopic (exact) mass is 522 g/mol. The predicted molar refractivity (Wildman–Crippen MR) is 179 cm³/mol. The summed E-state index contributed by atoms with van der Waals surface area (Å²) in [5.41, 5.74) is 5.70. The highest BCUT2D eigenvalue weighted by Crippen LogP contribution is 2.21. The second-order valence-electron chi connectivity index (χ2n) is 12.2. The van der Waals surface area contributed by atoms with Gasteiger partial charge >= 0.3 is 0 Å². The van der Waals surface area contributed by atoms with Crippen LogP contribution >= 0.6 is 0 Å². The van der Waals surface area contributed by atoms with Crippen LogP contribution in [0.4, 0.5) is 0 Å². The minimum atomic E-state index is 0.144. The van der Waals surface area contributed by atoms with E-state index in [1.54, 1.807) is 0 Å². The lowest BCUT2D eigenvalue weighted by Gasteiger charge is -2.24. The first-order valence-electron chi connectivity index (χ1n) is 14.6. The van der Waals surface area contributed by atoms with Crippen molar-refractivity contribution in [1.29, 1.82) is 0 Å². The van der Waals surface area contributed by atoms with Gasteiger partial charge in [-0.1, -0.05) is 157 Å². The molecule has 200 valence electrons. The third-order valence-electron chi connectivity index (χ3n) is 7.42. The van der Waals surface area contributed by atoms with Crippen LogP contribution in [-0.2, 0) is 6.42 Å². The molecule has 40 heavy (non-hydrogen) atoms. The fourth-order valence-electron chi connectivity index (χ4n) is 5.75. The molecule has 0 saturated carbocycles. The van der Waals surface area contributed by atoms with Crippen LogP contribution in [0.1, 0.15) is 25.3 Å². The average Bonchev–Trinajstić information content (AvgIpc) is 2.96. The summed E-state index contributed by atoms with van der Waals surface area (Å²) in [7, 11) is 8.50. The summed E-state index contributed by atoms with van der Waals surface area (Å²) >= 11 is 0. The van der Waals surface area contributed by atoms with E-state index in [-0.39, 0.29) is 6.71 Å². The molecule has 6 aromatic carbocycles. The number of hydrogen-bond donors (Lipinski definition) is 0. The highest BCUT2D eigenvalue weighted by atomic mass is 15.2.